The van der Waals surface area contributed by atoms with Crippen molar-refractivity contribution in [3.8, 4) is 5.69 Å². The van der Waals surface area contributed by atoms with Gasteiger partial charge in [0.2, 0.25) is 4.77 Å². The molecule has 0 atom stereocenters. The standard InChI is InChI=1S/C8H7BrN4S/c1-5-2-6(9)4-7(3-5)13-8(14)10-11-12-13/h2-4H,1H3,(H,10,12,14). The van der Waals surface area contributed by atoms with E-state index in [4.69, 9.17) is 12.2 Å². The average molecular weight is 271 g/mol. The fourth-order valence-corrected chi connectivity index (χ4v) is 1.99. The van der Waals surface area contributed by atoms with Crippen molar-refractivity contribution in [3.05, 3.63) is 33.0 Å². The van der Waals surface area contributed by atoms with Gasteiger partial charge in [-0.3, -0.25) is 0 Å². The molecule has 1 aromatic heterocycles. The van der Waals surface area contributed by atoms with Gasteiger partial charge in [0.25, 0.3) is 0 Å². The molecule has 1 N–H and O–H groups in total. The first-order valence-electron chi connectivity index (χ1n) is 3.94. The van der Waals surface area contributed by atoms with E-state index in [1.165, 1.54) is 0 Å². The highest BCUT2D eigenvalue weighted by Gasteiger charge is 2.01. The minimum Gasteiger partial charge on any atom is -0.210 e. The van der Waals surface area contributed by atoms with Gasteiger partial charge in [-0.2, -0.15) is 5.21 Å². The molecule has 2 aromatic rings. The first-order chi connectivity index (χ1) is 6.66. The summed E-state index contributed by atoms with van der Waals surface area (Å²) < 4.78 is 3.07. The molecule has 0 saturated carbocycles. The second-order valence-electron chi connectivity index (χ2n) is 2.90. The van der Waals surface area contributed by atoms with Crippen molar-refractivity contribution < 1.29 is 0 Å². The number of halogens is 1. The molecule has 1 heterocycles. The van der Waals surface area contributed by atoms with Crippen LogP contribution in [0.2, 0.25) is 0 Å². The lowest BCUT2D eigenvalue weighted by Gasteiger charge is -2.02. The molecule has 0 aliphatic heterocycles. The summed E-state index contributed by atoms with van der Waals surface area (Å²) in [5.74, 6) is 0. The van der Waals surface area contributed by atoms with Crippen LogP contribution in [0, 0.1) is 11.7 Å². The molecule has 0 aliphatic rings. The molecule has 0 radical (unpaired) electrons. The van der Waals surface area contributed by atoms with Gasteiger partial charge in [-0.15, -0.1) is 0 Å². The Labute approximate surface area is 94.1 Å². The Hall–Kier alpha value is -1.01. The van der Waals surface area contributed by atoms with Crippen LogP contribution in [0.4, 0.5) is 0 Å². The Bertz CT molecular complexity index is 496. The molecule has 0 amide bonds. The van der Waals surface area contributed by atoms with Crippen molar-refractivity contribution in [2.75, 3.05) is 0 Å². The maximum atomic E-state index is 5.00. The molecular formula is C8H7BrN4S. The van der Waals surface area contributed by atoms with Crippen molar-refractivity contribution >= 4 is 28.1 Å². The lowest BCUT2D eigenvalue weighted by molar-refractivity contribution is 0.785. The van der Waals surface area contributed by atoms with E-state index in [0.717, 1.165) is 15.7 Å². The van der Waals surface area contributed by atoms with Gasteiger partial charge in [0, 0.05) is 4.47 Å². The smallest absolute Gasteiger partial charge is 0.210 e. The van der Waals surface area contributed by atoms with Crippen LogP contribution < -0.4 is 0 Å². The normalized spacial score (nSPS) is 10.4. The number of aromatic amines is 1. The molecule has 0 unspecified atom stereocenters. The summed E-state index contributed by atoms with van der Waals surface area (Å²) in [5.41, 5.74) is 2.07. The lowest BCUT2D eigenvalue weighted by atomic mass is 10.2. The van der Waals surface area contributed by atoms with Crippen LogP contribution in [0.5, 0.6) is 0 Å². The van der Waals surface area contributed by atoms with E-state index in [2.05, 4.69) is 31.5 Å². The molecule has 2 rings (SSSR count). The molecule has 0 saturated heterocycles. The van der Waals surface area contributed by atoms with E-state index in [0.29, 0.717) is 4.77 Å². The summed E-state index contributed by atoms with van der Waals surface area (Å²) in [7, 11) is 0. The molecular weight excluding hydrogens is 264 g/mol. The van der Waals surface area contributed by atoms with Gasteiger partial charge in [0.15, 0.2) is 0 Å². The third kappa shape index (κ3) is 1.76. The summed E-state index contributed by atoms with van der Waals surface area (Å²) in [6.07, 6.45) is 0. The number of aromatic nitrogens is 4. The molecule has 1 aromatic carbocycles. The summed E-state index contributed by atoms with van der Waals surface area (Å²) in [6.45, 7) is 2.02. The molecule has 4 nitrogen and oxygen atoms in total. The van der Waals surface area contributed by atoms with Crippen LogP contribution in [0.3, 0.4) is 0 Å². The van der Waals surface area contributed by atoms with E-state index in [1.54, 1.807) is 4.68 Å². The van der Waals surface area contributed by atoms with E-state index >= 15 is 0 Å². The molecule has 0 aliphatic carbocycles. The molecule has 0 bridgehead atoms. The van der Waals surface area contributed by atoms with Gasteiger partial charge in [-0.25, -0.2) is 4.68 Å². The molecule has 14 heavy (non-hydrogen) atoms. The average Bonchev–Trinajstić information content (AvgIpc) is 2.49. The topological polar surface area (TPSA) is 46.5 Å². The highest BCUT2D eigenvalue weighted by molar-refractivity contribution is 9.10. The number of aryl methyl sites for hydroxylation is 1. The zero-order valence-corrected chi connectivity index (χ0v) is 9.76. The van der Waals surface area contributed by atoms with Gasteiger partial charge >= 0.3 is 0 Å². The monoisotopic (exact) mass is 270 g/mol. The van der Waals surface area contributed by atoms with Gasteiger partial charge < -0.3 is 0 Å². The molecule has 6 heteroatoms. The predicted molar refractivity (Wildman–Crippen MR) is 59.0 cm³/mol. The third-order valence-corrected chi connectivity index (χ3v) is 2.48. The summed E-state index contributed by atoms with van der Waals surface area (Å²) in [6, 6.07) is 5.97. The Morgan fingerprint density at radius 1 is 1.43 bits per heavy atom. The van der Waals surface area contributed by atoms with Crippen molar-refractivity contribution in [2.45, 2.75) is 6.92 Å². The summed E-state index contributed by atoms with van der Waals surface area (Å²) in [5, 5.41) is 10.0. The minimum atomic E-state index is 0.419. The second-order valence-corrected chi connectivity index (χ2v) is 4.19. The number of H-pyrrole nitrogens is 1. The van der Waals surface area contributed by atoms with Crippen LogP contribution in [0.15, 0.2) is 22.7 Å². The first-order valence-corrected chi connectivity index (χ1v) is 5.14. The fraction of sp³-hybridized carbons (Fsp3) is 0.125. The Morgan fingerprint density at radius 3 is 2.79 bits per heavy atom. The fourth-order valence-electron chi connectivity index (χ4n) is 1.21. The number of hydrogen-bond acceptors (Lipinski definition) is 3. The summed E-state index contributed by atoms with van der Waals surface area (Å²) >= 11 is 8.42. The Kier molecular flexibility index (Phi) is 2.47. The molecule has 0 spiro atoms. The molecule has 72 valence electrons. The second kappa shape index (κ2) is 3.62. The zero-order valence-electron chi connectivity index (χ0n) is 7.36. The lowest BCUT2D eigenvalue weighted by Crippen LogP contribution is -1.97. The largest absolute Gasteiger partial charge is 0.242 e. The van der Waals surface area contributed by atoms with Gasteiger partial charge in [0.1, 0.15) is 0 Å². The van der Waals surface area contributed by atoms with E-state index in [-0.39, 0.29) is 0 Å². The van der Waals surface area contributed by atoms with E-state index < -0.39 is 0 Å². The Morgan fingerprint density at radius 2 is 2.21 bits per heavy atom. The number of tetrazole rings is 1. The predicted octanol–water partition coefficient (Wildman–Crippen LogP) is 2.40. The quantitative estimate of drug-likeness (QED) is 0.810. The third-order valence-electron chi connectivity index (χ3n) is 1.76. The summed E-state index contributed by atoms with van der Waals surface area (Å²) in [4.78, 5) is 0. The minimum absolute atomic E-state index is 0.419. The van der Waals surface area contributed by atoms with Crippen molar-refractivity contribution in [3.63, 3.8) is 0 Å². The van der Waals surface area contributed by atoms with E-state index in [1.807, 2.05) is 25.1 Å². The number of rotatable bonds is 1. The van der Waals surface area contributed by atoms with Crippen molar-refractivity contribution in [1.82, 2.24) is 20.2 Å². The first kappa shape index (κ1) is 9.54. The van der Waals surface area contributed by atoms with Gasteiger partial charge in [-0.05, 0) is 42.9 Å². The maximum absolute atomic E-state index is 5.00. The van der Waals surface area contributed by atoms with Crippen molar-refractivity contribution in [2.24, 2.45) is 0 Å². The Balaban J connectivity index is 2.63. The number of nitrogens with zero attached hydrogens (tertiary/aromatic N) is 3. The SMILES string of the molecule is Cc1cc(Br)cc(-n2[nH]nnc2=S)c1. The van der Waals surface area contributed by atoms with Crippen LogP contribution in [-0.4, -0.2) is 20.2 Å². The van der Waals surface area contributed by atoms with Crippen LogP contribution in [-0.2, 0) is 0 Å². The molecule has 0 fully saturated rings. The van der Waals surface area contributed by atoms with Crippen LogP contribution in [0.25, 0.3) is 5.69 Å². The number of hydrogen-bond donors (Lipinski definition) is 1. The number of benzene rings is 1. The van der Waals surface area contributed by atoms with Crippen LogP contribution >= 0.6 is 28.1 Å². The van der Waals surface area contributed by atoms with Crippen LogP contribution in [0.1, 0.15) is 5.56 Å². The highest BCUT2D eigenvalue weighted by atomic mass is 79.9. The van der Waals surface area contributed by atoms with Crippen molar-refractivity contribution in [1.29, 1.82) is 0 Å². The van der Waals surface area contributed by atoms with Gasteiger partial charge in [-0.1, -0.05) is 26.2 Å². The maximum Gasteiger partial charge on any atom is 0.242 e. The van der Waals surface area contributed by atoms with Gasteiger partial charge in [0.05, 0.1) is 5.69 Å². The zero-order chi connectivity index (χ0) is 10.1. The van der Waals surface area contributed by atoms with E-state index in [9.17, 15) is 0 Å². The number of nitrogens with one attached hydrogen (secondary N) is 1. The highest BCUT2D eigenvalue weighted by Crippen LogP contribution is 2.17.